The molecule has 30 heavy (non-hydrogen) atoms. The van der Waals surface area contributed by atoms with Gasteiger partial charge < -0.3 is 14.9 Å². The molecule has 1 atom stereocenters. The Bertz CT molecular complexity index is 824. The molecule has 0 radical (unpaired) electrons. The molecule has 2 heterocycles. The summed E-state index contributed by atoms with van der Waals surface area (Å²) in [5.74, 6) is 0.201. The Morgan fingerprint density at radius 3 is 2.30 bits per heavy atom. The third-order valence-corrected chi connectivity index (χ3v) is 8.22. The molecule has 0 amide bonds. The van der Waals surface area contributed by atoms with Crippen molar-refractivity contribution >= 4 is 10.8 Å². The van der Waals surface area contributed by atoms with Gasteiger partial charge >= 0.3 is 0 Å². The minimum atomic E-state index is -0.561. The number of fused-ring (bicyclic) bond motifs is 1. The van der Waals surface area contributed by atoms with Gasteiger partial charge in [-0.15, -0.1) is 0 Å². The molecule has 1 aliphatic carbocycles. The Morgan fingerprint density at radius 2 is 1.53 bits per heavy atom. The summed E-state index contributed by atoms with van der Waals surface area (Å²) < 4.78 is 0. The molecule has 5 rings (SSSR count). The van der Waals surface area contributed by atoms with Gasteiger partial charge in [-0.25, -0.2) is 0 Å². The zero-order valence-corrected chi connectivity index (χ0v) is 18.4. The van der Waals surface area contributed by atoms with Crippen molar-refractivity contribution in [1.29, 1.82) is 0 Å². The Labute approximate surface area is 182 Å². The van der Waals surface area contributed by atoms with Gasteiger partial charge in [-0.1, -0.05) is 61.7 Å². The highest BCUT2D eigenvalue weighted by Gasteiger charge is 2.40. The normalized spacial score (nSPS) is 25.0. The smallest absolute Gasteiger partial charge is 0.0728 e. The van der Waals surface area contributed by atoms with Crippen LogP contribution >= 0.6 is 0 Å². The lowest BCUT2D eigenvalue weighted by molar-refractivity contribution is -0.0334. The summed E-state index contributed by atoms with van der Waals surface area (Å²) in [6.07, 6.45) is 10.8. The van der Waals surface area contributed by atoms with Gasteiger partial charge in [0.25, 0.3) is 0 Å². The van der Waals surface area contributed by atoms with E-state index in [0.29, 0.717) is 0 Å². The fourth-order valence-corrected chi connectivity index (χ4v) is 6.46. The lowest BCUT2D eigenvalue weighted by atomic mass is 9.71. The van der Waals surface area contributed by atoms with E-state index in [9.17, 15) is 5.11 Å². The van der Waals surface area contributed by atoms with Crippen molar-refractivity contribution in [3.05, 3.63) is 48.0 Å². The van der Waals surface area contributed by atoms with Crippen LogP contribution in [0.4, 0.5) is 0 Å². The number of rotatable bonds is 5. The molecule has 2 saturated heterocycles. The summed E-state index contributed by atoms with van der Waals surface area (Å²) in [6.45, 7) is 5.97. The van der Waals surface area contributed by atoms with Crippen LogP contribution in [-0.2, 0) is 0 Å². The van der Waals surface area contributed by atoms with Crippen LogP contribution in [0.25, 0.3) is 10.8 Å². The minimum Gasteiger partial charge on any atom is -0.389 e. The predicted molar refractivity (Wildman–Crippen MR) is 125 cm³/mol. The number of hydrogen-bond acceptors (Lipinski definition) is 3. The second-order valence-corrected chi connectivity index (χ2v) is 10.1. The fraction of sp³-hybridized carbons (Fsp3) is 0.630. The maximum Gasteiger partial charge on any atom is 0.0728 e. The average molecular weight is 407 g/mol. The first-order valence-corrected chi connectivity index (χ1v) is 12.4. The fourth-order valence-electron chi connectivity index (χ4n) is 6.46. The molecule has 2 aliphatic heterocycles. The van der Waals surface area contributed by atoms with Gasteiger partial charge in [0.1, 0.15) is 0 Å². The highest BCUT2D eigenvalue weighted by Crippen LogP contribution is 2.43. The van der Waals surface area contributed by atoms with Gasteiger partial charge in [0, 0.05) is 18.5 Å². The van der Waals surface area contributed by atoms with Crippen LogP contribution in [0.5, 0.6) is 0 Å². The largest absolute Gasteiger partial charge is 0.389 e. The van der Waals surface area contributed by atoms with Crippen LogP contribution in [0.2, 0.25) is 0 Å². The van der Waals surface area contributed by atoms with Crippen LogP contribution in [0.3, 0.4) is 0 Å². The molecule has 3 aliphatic rings. The molecule has 1 saturated carbocycles. The Morgan fingerprint density at radius 1 is 0.833 bits per heavy atom. The Hall–Kier alpha value is -1.42. The summed E-state index contributed by atoms with van der Waals surface area (Å²) in [7, 11) is 0. The van der Waals surface area contributed by atoms with Crippen molar-refractivity contribution in [2.24, 2.45) is 0 Å². The van der Waals surface area contributed by atoms with Crippen molar-refractivity contribution in [1.82, 2.24) is 9.80 Å². The lowest BCUT2D eigenvalue weighted by Gasteiger charge is -2.44. The van der Waals surface area contributed by atoms with E-state index in [4.69, 9.17) is 0 Å². The molecule has 2 aromatic carbocycles. The van der Waals surface area contributed by atoms with Crippen LogP contribution in [-0.4, -0.2) is 59.3 Å². The van der Waals surface area contributed by atoms with E-state index in [1.165, 1.54) is 74.6 Å². The van der Waals surface area contributed by atoms with Crippen molar-refractivity contribution in [2.75, 3.05) is 32.7 Å². The van der Waals surface area contributed by atoms with E-state index < -0.39 is 5.60 Å². The first kappa shape index (κ1) is 20.5. The standard InChI is InChI=1S/C27H38N2O/c30-27(15-4-1-5-16-27)26(25-12-8-10-22-9-2-3-11-24(22)25)21-28-19-13-23(14-20-28)29-17-6-7-18-29/h2-3,8-12,23,26,30H,1,4-7,13-21H2. The van der Waals surface area contributed by atoms with E-state index >= 15 is 0 Å². The SMILES string of the molecule is OC1(C(CN2CCC(N3CCCC3)CC2)c2cccc3ccccc23)CCCCC1. The molecular weight excluding hydrogens is 368 g/mol. The molecule has 162 valence electrons. The van der Waals surface area contributed by atoms with Gasteiger partial charge in [0.2, 0.25) is 0 Å². The number of likely N-dealkylation sites (tertiary alicyclic amines) is 2. The zero-order valence-electron chi connectivity index (χ0n) is 18.4. The predicted octanol–water partition coefficient (Wildman–Crippen LogP) is 5.18. The van der Waals surface area contributed by atoms with Gasteiger partial charge in [-0.3, -0.25) is 0 Å². The monoisotopic (exact) mass is 406 g/mol. The average Bonchev–Trinajstić information content (AvgIpc) is 3.33. The third kappa shape index (κ3) is 4.17. The number of nitrogens with zero attached hydrogens (tertiary/aromatic N) is 2. The third-order valence-electron chi connectivity index (χ3n) is 8.22. The van der Waals surface area contributed by atoms with Gasteiger partial charge in [-0.2, -0.15) is 0 Å². The molecule has 0 bridgehead atoms. The lowest BCUT2D eigenvalue weighted by Crippen LogP contribution is -2.48. The van der Waals surface area contributed by atoms with E-state index in [-0.39, 0.29) is 5.92 Å². The highest BCUT2D eigenvalue weighted by atomic mass is 16.3. The molecule has 0 spiro atoms. The van der Waals surface area contributed by atoms with E-state index in [2.05, 4.69) is 52.3 Å². The molecule has 0 aromatic heterocycles. The van der Waals surface area contributed by atoms with Gasteiger partial charge in [-0.05, 0) is 81.0 Å². The van der Waals surface area contributed by atoms with Crippen molar-refractivity contribution in [3.8, 4) is 0 Å². The minimum absolute atomic E-state index is 0.201. The van der Waals surface area contributed by atoms with Crippen LogP contribution in [0.1, 0.15) is 69.3 Å². The maximum atomic E-state index is 11.9. The number of piperidine rings is 1. The molecule has 3 fully saturated rings. The second kappa shape index (κ2) is 8.98. The molecule has 2 aromatic rings. The highest BCUT2D eigenvalue weighted by molar-refractivity contribution is 5.86. The maximum absolute atomic E-state index is 11.9. The molecule has 1 N–H and O–H groups in total. The first-order valence-electron chi connectivity index (χ1n) is 12.4. The number of hydrogen-bond donors (Lipinski definition) is 1. The van der Waals surface area contributed by atoms with E-state index in [0.717, 1.165) is 38.3 Å². The van der Waals surface area contributed by atoms with Gasteiger partial charge in [0.15, 0.2) is 0 Å². The van der Waals surface area contributed by atoms with Crippen LogP contribution in [0, 0.1) is 0 Å². The summed E-state index contributed by atoms with van der Waals surface area (Å²) >= 11 is 0. The van der Waals surface area contributed by atoms with Crippen molar-refractivity contribution in [2.45, 2.75) is 75.3 Å². The summed E-state index contributed by atoms with van der Waals surface area (Å²) in [6, 6.07) is 16.2. The van der Waals surface area contributed by atoms with Crippen LogP contribution in [0.15, 0.2) is 42.5 Å². The molecule has 3 heteroatoms. The first-order chi connectivity index (χ1) is 14.7. The molecule has 3 nitrogen and oxygen atoms in total. The number of benzene rings is 2. The quantitative estimate of drug-likeness (QED) is 0.741. The van der Waals surface area contributed by atoms with E-state index in [1.54, 1.807) is 0 Å². The summed E-state index contributed by atoms with van der Waals surface area (Å²) in [5, 5.41) is 14.5. The topological polar surface area (TPSA) is 26.7 Å². The molecule has 1 unspecified atom stereocenters. The Balaban J connectivity index is 1.38. The number of aliphatic hydroxyl groups is 1. The second-order valence-electron chi connectivity index (χ2n) is 10.1. The van der Waals surface area contributed by atoms with E-state index in [1.807, 2.05) is 0 Å². The van der Waals surface area contributed by atoms with Gasteiger partial charge in [0.05, 0.1) is 5.60 Å². The zero-order chi connectivity index (χ0) is 20.4. The van der Waals surface area contributed by atoms with Crippen LogP contribution < -0.4 is 0 Å². The summed E-state index contributed by atoms with van der Waals surface area (Å²) in [4.78, 5) is 5.39. The van der Waals surface area contributed by atoms with Crippen molar-refractivity contribution in [3.63, 3.8) is 0 Å². The molecular formula is C27H38N2O. The Kier molecular flexibility index (Phi) is 6.13. The summed E-state index contributed by atoms with van der Waals surface area (Å²) in [5.41, 5.74) is 0.799. The van der Waals surface area contributed by atoms with Crippen molar-refractivity contribution < 1.29 is 5.11 Å².